The molecule has 0 radical (unpaired) electrons. The second-order valence-electron chi connectivity index (χ2n) is 5.20. The van der Waals surface area contributed by atoms with E-state index in [1.165, 1.54) is 27.8 Å². The number of nitrogens with one attached hydrogen (secondary N) is 1. The van der Waals surface area contributed by atoms with Crippen LogP contribution in [0.2, 0.25) is 0 Å². The van der Waals surface area contributed by atoms with Crippen molar-refractivity contribution >= 4 is 11.8 Å². The highest BCUT2D eigenvalue weighted by Crippen LogP contribution is 2.31. The molecule has 2 rings (SSSR count). The summed E-state index contributed by atoms with van der Waals surface area (Å²) < 4.78 is 0. The molecule has 0 aliphatic heterocycles. The molecule has 21 heavy (non-hydrogen) atoms. The second kappa shape index (κ2) is 6.42. The molecular weight excluding hydrogens is 256 g/mol. The van der Waals surface area contributed by atoms with Crippen molar-refractivity contribution in [3.8, 4) is 11.1 Å². The zero-order valence-electron chi connectivity index (χ0n) is 12.7. The normalized spacial score (nSPS) is 10.2. The number of hydrogen-bond donors (Lipinski definition) is 2. The van der Waals surface area contributed by atoms with Crippen LogP contribution < -0.4 is 11.1 Å². The van der Waals surface area contributed by atoms with E-state index in [2.05, 4.69) is 62.7 Å². The van der Waals surface area contributed by atoms with Crippen molar-refractivity contribution in [2.45, 2.75) is 13.8 Å². The number of hydrogen-bond acceptors (Lipinski definition) is 2. The van der Waals surface area contributed by atoms with Gasteiger partial charge in [0, 0.05) is 17.9 Å². The Labute approximate surface area is 127 Å². The van der Waals surface area contributed by atoms with Gasteiger partial charge in [0.1, 0.15) is 0 Å². The topological polar surface area (TPSA) is 38.0 Å². The van der Waals surface area contributed by atoms with Crippen molar-refractivity contribution in [2.75, 3.05) is 11.9 Å². The maximum atomic E-state index is 5.59. The third-order valence-corrected chi connectivity index (χ3v) is 3.62. The van der Waals surface area contributed by atoms with Gasteiger partial charge in [0.05, 0.1) is 0 Å². The number of aryl methyl sites for hydroxylation is 2. The molecule has 0 aliphatic carbocycles. The largest absolute Gasteiger partial charge is 0.358 e. The first-order valence-corrected chi connectivity index (χ1v) is 7.04. The van der Waals surface area contributed by atoms with Crippen LogP contribution in [0.5, 0.6) is 0 Å². The highest BCUT2D eigenvalue weighted by atomic mass is 14.9. The Morgan fingerprint density at radius 2 is 1.90 bits per heavy atom. The van der Waals surface area contributed by atoms with Gasteiger partial charge in [-0.15, -0.1) is 0 Å². The highest BCUT2D eigenvalue weighted by molar-refractivity contribution is 5.80. The van der Waals surface area contributed by atoms with Crippen LogP contribution in [0.15, 0.2) is 55.3 Å². The molecule has 0 aliphatic rings. The summed E-state index contributed by atoms with van der Waals surface area (Å²) in [5.41, 5.74) is 13.4. The third-order valence-electron chi connectivity index (χ3n) is 3.62. The van der Waals surface area contributed by atoms with Gasteiger partial charge in [-0.3, -0.25) is 0 Å². The fourth-order valence-electron chi connectivity index (χ4n) is 2.43. The molecule has 2 aromatic rings. The molecule has 108 valence electrons. The van der Waals surface area contributed by atoms with Gasteiger partial charge in [-0.2, -0.15) is 0 Å². The van der Waals surface area contributed by atoms with Crippen LogP contribution in [-0.2, 0) is 0 Å². The van der Waals surface area contributed by atoms with E-state index in [9.17, 15) is 0 Å². The van der Waals surface area contributed by atoms with Crippen molar-refractivity contribution in [1.82, 2.24) is 0 Å². The minimum absolute atomic E-state index is 0.422. The van der Waals surface area contributed by atoms with Crippen LogP contribution in [0, 0.1) is 13.8 Å². The predicted octanol–water partition coefficient (Wildman–Crippen LogP) is 4.50. The molecule has 0 unspecified atom stereocenters. The van der Waals surface area contributed by atoms with Gasteiger partial charge in [0.25, 0.3) is 0 Å². The number of anilines is 1. The Morgan fingerprint density at radius 3 is 2.57 bits per heavy atom. The molecule has 0 saturated heterocycles. The first-order chi connectivity index (χ1) is 10.1. The average molecular weight is 278 g/mol. The van der Waals surface area contributed by atoms with E-state index in [4.69, 9.17) is 5.73 Å². The van der Waals surface area contributed by atoms with Crippen molar-refractivity contribution < 1.29 is 0 Å². The molecule has 2 nitrogen and oxygen atoms in total. The first kappa shape index (κ1) is 15.1. The van der Waals surface area contributed by atoms with E-state index in [0.717, 1.165) is 11.4 Å². The van der Waals surface area contributed by atoms with Crippen LogP contribution in [0.25, 0.3) is 17.2 Å². The number of benzene rings is 2. The summed E-state index contributed by atoms with van der Waals surface area (Å²) in [6.07, 6.45) is 1.92. The van der Waals surface area contributed by atoms with Gasteiger partial charge < -0.3 is 11.1 Å². The molecule has 0 atom stereocenters. The van der Waals surface area contributed by atoms with Gasteiger partial charge in [0.15, 0.2) is 0 Å². The summed E-state index contributed by atoms with van der Waals surface area (Å²) in [5, 5.41) is 3.24. The quantitative estimate of drug-likeness (QED) is 0.845. The summed E-state index contributed by atoms with van der Waals surface area (Å²) in [6.45, 7) is 12.5. The second-order valence-corrected chi connectivity index (χ2v) is 5.20. The summed E-state index contributed by atoms with van der Waals surface area (Å²) in [5.74, 6) is 0. The molecule has 0 saturated carbocycles. The summed E-state index contributed by atoms with van der Waals surface area (Å²) in [6, 6.07) is 12.6. The van der Waals surface area contributed by atoms with Gasteiger partial charge in [-0.05, 0) is 53.8 Å². The molecule has 0 heterocycles. The molecule has 0 amide bonds. The fourth-order valence-corrected chi connectivity index (χ4v) is 2.43. The average Bonchev–Trinajstić information content (AvgIpc) is 2.48. The zero-order chi connectivity index (χ0) is 15.4. The monoisotopic (exact) mass is 278 g/mol. The van der Waals surface area contributed by atoms with Gasteiger partial charge in [-0.1, -0.05) is 43.5 Å². The minimum atomic E-state index is 0.422. The molecule has 2 heteroatoms. The van der Waals surface area contributed by atoms with Crippen LogP contribution in [0.1, 0.15) is 16.7 Å². The maximum absolute atomic E-state index is 5.59. The minimum Gasteiger partial charge on any atom is -0.358 e. The molecular formula is C19H22N2. The third kappa shape index (κ3) is 3.23. The van der Waals surface area contributed by atoms with Crippen molar-refractivity contribution in [3.05, 3.63) is 71.9 Å². The van der Waals surface area contributed by atoms with Gasteiger partial charge >= 0.3 is 0 Å². The van der Waals surface area contributed by atoms with Gasteiger partial charge in [-0.25, -0.2) is 0 Å². The van der Waals surface area contributed by atoms with Crippen LogP contribution in [-0.4, -0.2) is 6.54 Å². The standard InChI is InChI=1S/C19H22N2/c1-5-17-13(2)7-6-8-18(17)19-11-16(10-9-14(19)3)21-15(4)12-20/h5-11,21H,1,4,12,20H2,2-3H3. The van der Waals surface area contributed by atoms with E-state index in [1.807, 2.05) is 12.1 Å². The van der Waals surface area contributed by atoms with Crippen molar-refractivity contribution in [3.63, 3.8) is 0 Å². The van der Waals surface area contributed by atoms with Crippen LogP contribution >= 0.6 is 0 Å². The van der Waals surface area contributed by atoms with E-state index >= 15 is 0 Å². The molecule has 2 aromatic carbocycles. The molecule has 0 aromatic heterocycles. The Bertz CT molecular complexity index is 684. The van der Waals surface area contributed by atoms with E-state index in [1.54, 1.807) is 0 Å². The molecule has 0 bridgehead atoms. The lowest BCUT2D eigenvalue weighted by molar-refractivity contribution is 1.15. The Hall–Kier alpha value is -2.32. The Kier molecular flexibility index (Phi) is 4.61. The van der Waals surface area contributed by atoms with Gasteiger partial charge in [0.2, 0.25) is 0 Å². The van der Waals surface area contributed by atoms with Crippen LogP contribution in [0.3, 0.4) is 0 Å². The Balaban J connectivity index is 2.53. The highest BCUT2D eigenvalue weighted by Gasteiger charge is 2.09. The fraction of sp³-hybridized carbons (Fsp3) is 0.158. The zero-order valence-corrected chi connectivity index (χ0v) is 12.7. The molecule has 3 N–H and O–H groups in total. The van der Waals surface area contributed by atoms with E-state index in [-0.39, 0.29) is 0 Å². The summed E-state index contributed by atoms with van der Waals surface area (Å²) in [4.78, 5) is 0. The lowest BCUT2D eigenvalue weighted by atomic mass is 9.93. The van der Waals surface area contributed by atoms with E-state index < -0.39 is 0 Å². The number of rotatable bonds is 5. The first-order valence-electron chi connectivity index (χ1n) is 7.04. The van der Waals surface area contributed by atoms with Crippen LogP contribution in [0.4, 0.5) is 5.69 Å². The Morgan fingerprint density at radius 1 is 1.14 bits per heavy atom. The van der Waals surface area contributed by atoms with Crippen molar-refractivity contribution in [2.24, 2.45) is 5.73 Å². The van der Waals surface area contributed by atoms with E-state index in [0.29, 0.717) is 6.54 Å². The summed E-state index contributed by atoms with van der Waals surface area (Å²) >= 11 is 0. The smallest absolute Gasteiger partial charge is 0.0388 e. The molecule has 0 spiro atoms. The summed E-state index contributed by atoms with van der Waals surface area (Å²) in [7, 11) is 0. The lowest BCUT2D eigenvalue weighted by Gasteiger charge is -2.15. The maximum Gasteiger partial charge on any atom is 0.0388 e. The predicted molar refractivity (Wildman–Crippen MR) is 93.3 cm³/mol. The molecule has 0 fully saturated rings. The number of nitrogens with two attached hydrogens (primary N) is 1. The van der Waals surface area contributed by atoms with Crippen molar-refractivity contribution in [1.29, 1.82) is 0 Å². The lowest BCUT2D eigenvalue weighted by Crippen LogP contribution is -2.09. The SMILES string of the molecule is C=Cc1c(C)cccc1-c1cc(NC(=C)CN)ccc1C.